The average Bonchev–Trinajstić information content (AvgIpc) is 2.32. The summed E-state index contributed by atoms with van der Waals surface area (Å²) in [7, 11) is 0. The molecule has 17 heavy (non-hydrogen) atoms. The summed E-state index contributed by atoms with van der Waals surface area (Å²) in [5, 5.41) is 2.26. The first-order valence-corrected chi connectivity index (χ1v) is 5.66. The van der Waals surface area contributed by atoms with E-state index in [1.807, 2.05) is 6.92 Å². The number of hydrogen-bond acceptors (Lipinski definition) is 5. The van der Waals surface area contributed by atoms with Crippen molar-refractivity contribution in [3.8, 4) is 5.75 Å². The van der Waals surface area contributed by atoms with E-state index in [-0.39, 0.29) is 0 Å². The molecule has 0 bridgehead atoms. The lowest BCUT2D eigenvalue weighted by Gasteiger charge is -2.10. The monoisotopic (exact) mass is 251 g/mol. The third-order valence-electron chi connectivity index (χ3n) is 1.94. The van der Waals surface area contributed by atoms with Crippen LogP contribution in [0, 0.1) is 0 Å². The molecular formula is C12H13NO3S. The maximum Gasteiger partial charge on any atom is 0.341 e. The smallest absolute Gasteiger partial charge is 0.341 e. The van der Waals surface area contributed by atoms with Gasteiger partial charge < -0.3 is 9.47 Å². The molecule has 0 N–H and O–H groups in total. The van der Waals surface area contributed by atoms with Gasteiger partial charge in [-0.05, 0) is 38.2 Å². The molecule has 0 aliphatic heterocycles. The number of benzene rings is 1. The van der Waals surface area contributed by atoms with E-state index >= 15 is 0 Å². The Morgan fingerprint density at radius 2 is 2.18 bits per heavy atom. The minimum absolute atomic E-state index is 0.311. The highest BCUT2D eigenvalue weighted by molar-refractivity contribution is 7.78. The Morgan fingerprint density at radius 1 is 1.41 bits per heavy atom. The molecule has 0 aliphatic carbocycles. The lowest BCUT2D eigenvalue weighted by atomic mass is 10.1. The molecule has 90 valence electrons. The molecule has 0 saturated heterocycles. The van der Waals surface area contributed by atoms with E-state index in [0.717, 1.165) is 0 Å². The maximum absolute atomic E-state index is 11.7. The second-order valence-corrected chi connectivity index (χ2v) is 3.19. The van der Waals surface area contributed by atoms with Gasteiger partial charge in [0.25, 0.3) is 0 Å². The van der Waals surface area contributed by atoms with Gasteiger partial charge in [0.05, 0.1) is 18.4 Å². The van der Waals surface area contributed by atoms with Crippen molar-refractivity contribution in [3.63, 3.8) is 0 Å². The average molecular weight is 251 g/mol. The van der Waals surface area contributed by atoms with E-state index in [4.69, 9.17) is 9.47 Å². The molecule has 0 aliphatic rings. The molecule has 0 heterocycles. The van der Waals surface area contributed by atoms with Crippen molar-refractivity contribution in [1.29, 1.82) is 0 Å². The molecule has 0 radical (unpaired) electrons. The number of aliphatic imine (C=N–C) groups is 1. The second kappa shape index (κ2) is 6.78. The zero-order chi connectivity index (χ0) is 12.7. The number of carbonyl (C=O) groups excluding carboxylic acids is 1. The standard InChI is InChI=1S/C12H13NO3S/c1-3-15-11-9(12(14)16-4-2)6-5-7-10(11)13-8-17/h5-7H,3-4H2,1-2H3. The number of carbonyl (C=O) groups is 1. The van der Waals surface area contributed by atoms with Crippen molar-refractivity contribution >= 4 is 29.0 Å². The molecule has 4 nitrogen and oxygen atoms in total. The summed E-state index contributed by atoms with van der Waals surface area (Å²) >= 11 is 4.55. The summed E-state index contributed by atoms with van der Waals surface area (Å²) in [5.41, 5.74) is 0.826. The van der Waals surface area contributed by atoms with Gasteiger partial charge in [-0.25, -0.2) is 4.79 Å². The zero-order valence-corrected chi connectivity index (χ0v) is 10.5. The van der Waals surface area contributed by atoms with Crippen molar-refractivity contribution in [2.24, 2.45) is 4.99 Å². The fraction of sp³-hybridized carbons (Fsp3) is 0.333. The Labute approximate surface area is 105 Å². The fourth-order valence-corrected chi connectivity index (χ4v) is 1.43. The van der Waals surface area contributed by atoms with E-state index in [1.165, 1.54) is 0 Å². The number of isothiocyanates is 1. The lowest BCUT2D eigenvalue weighted by molar-refractivity contribution is 0.0522. The molecular weight excluding hydrogens is 238 g/mol. The molecule has 0 atom stereocenters. The van der Waals surface area contributed by atoms with Gasteiger partial charge in [0.1, 0.15) is 11.3 Å². The summed E-state index contributed by atoms with van der Waals surface area (Å²) in [6.45, 7) is 4.31. The van der Waals surface area contributed by atoms with Crippen LogP contribution >= 0.6 is 12.2 Å². The van der Waals surface area contributed by atoms with E-state index in [1.54, 1.807) is 25.1 Å². The van der Waals surface area contributed by atoms with Gasteiger partial charge >= 0.3 is 5.97 Å². The molecule has 0 fully saturated rings. The summed E-state index contributed by atoms with van der Waals surface area (Å²) in [5.74, 6) is -0.0526. The number of esters is 1. The minimum Gasteiger partial charge on any atom is -0.491 e. The van der Waals surface area contributed by atoms with Crippen LogP contribution in [-0.2, 0) is 4.74 Å². The fourth-order valence-electron chi connectivity index (χ4n) is 1.33. The van der Waals surface area contributed by atoms with E-state index < -0.39 is 5.97 Å². The number of nitrogens with zero attached hydrogens (tertiary/aromatic N) is 1. The summed E-state index contributed by atoms with van der Waals surface area (Å²) in [4.78, 5) is 15.6. The Hall–Kier alpha value is -1.71. The molecule has 0 unspecified atom stereocenters. The first-order valence-electron chi connectivity index (χ1n) is 5.25. The highest BCUT2D eigenvalue weighted by atomic mass is 32.1. The van der Waals surface area contributed by atoms with Crippen LogP contribution in [0.25, 0.3) is 0 Å². The van der Waals surface area contributed by atoms with Crippen LogP contribution in [0.15, 0.2) is 23.2 Å². The Morgan fingerprint density at radius 3 is 2.76 bits per heavy atom. The summed E-state index contributed by atoms with van der Waals surface area (Å²) in [6.07, 6.45) is 0. The minimum atomic E-state index is -0.433. The van der Waals surface area contributed by atoms with Crippen LogP contribution in [0.5, 0.6) is 5.75 Å². The van der Waals surface area contributed by atoms with E-state index in [2.05, 4.69) is 22.4 Å². The van der Waals surface area contributed by atoms with Crippen LogP contribution in [0.2, 0.25) is 0 Å². The van der Waals surface area contributed by atoms with Crippen molar-refractivity contribution in [2.75, 3.05) is 13.2 Å². The lowest BCUT2D eigenvalue weighted by Crippen LogP contribution is -2.07. The van der Waals surface area contributed by atoms with Crippen molar-refractivity contribution in [2.45, 2.75) is 13.8 Å². The van der Waals surface area contributed by atoms with E-state index in [9.17, 15) is 4.79 Å². The van der Waals surface area contributed by atoms with Crippen LogP contribution in [0.4, 0.5) is 5.69 Å². The maximum atomic E-state index is 11.7. The molecule has 0 amide bonds. The Balaban J connectivity index is 3.23. The van der Waals surface area contributed by atoms with Crippen molar-refractivity contribution in [1.82, 2.24) is 0 Å². The van der Waals surface area contributed by atoms with Gasteiger partial charge in [-0.1, -0.05) is 6.07 Å². The quantitative estimate of drug-likeness (QED) is 0.458. The van der Waals surface area contributed by atoms with Crippen LogP contribution in [0.3, 0.4) is 0 Å². The van der Waals surface area contributed by atoms with Gasteiger partial charge in [0, 0.05) is 0 Å². The zero-order valence-electron chi connectivity index (χ0n) is 9.73. The molecule has 1 aromatic rings. The normalized spacial score (nSPS) is 9.29. The highest BCUT2D eigenvalue weighted by Gasteiger charge is 2.16. The highest BCUT2D eigenvalue weighted by Crippen LogP contribution is 2.31. The van der Waals surface area contributed by atoms with Crippen LogP contribution in [0.1, 0.15) is 24.2 Å². The number of thiocarbonyl (C=S) groups is 1. The number of hydrogen-bond donors (Lipinski definition) is 0. The van der Waals surface area contributed by atoms with Crippen LogP contribution < -0.4 is 4.74 Å². The first kappa shape index (κ1) is 13.4. The molecule has 0 spiro atoms. The van der Waals surface area contributed by atoms with Crippen molar-refractivity contribution in [3.05, 3.63) is 23.8 Å². The molecule has 0 aromatic heterocycles. The molecule has 1 rings (SSSR count). The first-order chi connectivity index (χ1) is 8.24. The number of rotatable bonds is 5. The Kier molecular flexibility index (Phi) is 5.33. The number of para-hydroxylation sites is 1. The predicted octanol–water partition coefficient (Wildman–Crippen LogP) is 3.00. The van der Waals surface area contributed by atoms with Gasteiger partial charge in [0.15, 0.2) is 5.75 Å². The van der Waals surface area contributed by atoms with Gasteiger partial charge in [-0.15, -0.1) is 0 Å². The topological polar surface area (TPSA) is 47.9 Å². The van der Waals surface area contributed by atoms with Crippen LogP contribution in [-0.4, -0.2) is 24.3 Å². The second-order valence-electron chi connectivity index (χ2n) is 3.01. The van der Waals surface area contributed by atoms with Gasteiger partial charge in [-0.3, -0.25) is 0 Å². The third-order valence-corrected chi connectivity index (χ3v) is 2.04. The molecule has 1 aromatic carbocycles. The largest absolute Gasteiger partial charge is 0.491 e. The van der Waals surface area contributed by atoms with Gasteiger partial charge in [0.2, 0.25) is 0 Å². The predicted molar refractivity (Wildman–Crippen MR) is 68.3 cm³/mol. The third kappa shape index (κ3) is 3.37. The van der Waals surface area contributed by atoms with Gasteiger partial charge in [-0.2, -0.15) is 4.99 Å². The van der Waals surface area contributed by atoms with E-state index in [0.29, 0.717) is 30.2 Å². The molecule has 5 heteroatoms. The summed E-state index contributed by atoms with van der Waals surface area (Å²) < 4.78 is 10.3. The number of ether oxygens (including phenoxy) is 2. The molecule has 0 saturated carbocycles. The Bertz CT molecular complexity index is 453. The SMILES string of the molecule is CCOC(=O)c1cccc(N=C=S)c1OCC. The van der Waals surface area contributed by atoms with Crippen molar-refractivity contribution < 1.29 is 14.3 Å². The summed E-state index contributed by atoms with van der Waals surface area (Å²) in [6, 6.07) is 5.03.